The maximum atomic E-state index is 10.9. The minimum absolute atomic E-state index is 0.122. The van der Waals surface area contributed by atoms with E-state index in [0.717, 1.165) is 24.0 Å². The molecule has 1 saturated carbocycles. The largest absolute Gasteiger partial charge is 0.388 e. The van der Waals surface area contributed by atoms with Crippen LogP contribution in [-0.4, -0.2) is 11.0 Å². The average molecular weight is 259 g/mol. The van der Waals surface area contributed by atoms with Crippen molar-refractivity contribution in [1.29, 1.82) is 0 Å². The Bertz CT molecular complexity index is 440. The Morgan fingerprint density at radius 1 is 1.11 bits per heavy atom. The lowest BCUT2D eigenvalue weighted by Gasteiger charge is -2.29. The third-order valence-electron chi connectivity index (χ3n) is 4.50. The highest BCUT2D eigenvalue weighted by Crippen LogP contribution is 2.35. The van der Waals surface area contributed by atoms with Crippen LogP contribution < -0.4 is 5.32 Å². The molecule has 102 valence electrons. The van der Waals surface area contributed by atoms with E-state index < -0.39 is 0 Å². The van der Waals surface area contributed by atoms with Crippen molar-refractivity contribution < 1.29 is 9.90 Å². The molecule has 0 radical (unpaired) electrons. The summed E-state index contributed by atoms with van der Waals surface area (Å²) in [6.07, 6.45) is 6.34. The van der Waals surface area contributed by atoms with Gasteiger partial charge < -0.3 is 10.4 Å². The second kappa shape index (κ2) is 5.33. The zero-order valence-electron chi connectivity index (χ0n) is 11.1. The number of aliphatic hydroxyl groups is 1. The van der Waals surface area contributed by atoms with Crippen molar-refractivity contribution in [3.63, 3.8) is 0 Å². The highest BCUT2D eigenvalue weighted by molar-refractivity contribution is 5.83. The number of amides is 1. The Labute approximate surface area is 114 Å². The van der Waals surface area contributed by atoms with E-state index in [9.17, 15) is 9.90 Å². The van der Waals surface area contributed by atoms with Gasteiger partial charge in [0.2, 0.25) is 5.91 Å². The normalized spacial score (nSPS) is 25.5. The first-order valence-electron chi connectivity index (χ1n) is 7.31. The molecule has 1 unspecified atom stereocenters. The van der Waals surface area contributed by atoms with Crippen molar-refractivity contribution in [2.45, 2.75) is 50.7 Å². The molecule has 2 fully saturated rings. The lowest BCUT2D eigenvalue weighted by Crippen LogP contribution is -2.41. The molecule has 2 N–H and O–H groups in total. The van der Waals surface area contributed by atoms with Crippen molar-refractivity contribution in [2.24, 2.45) is 5.92 Å². The Morgan fingerprint density at radius 2 is 1.74 bits per heavy atom. The third-order valence-corrected chi connectivity index (χ3v) is 4.50. The van der Waals surface area contributed by atoms with Gasteiger partial charge in [0.25, 0.3) is 0 Å². The van der Waals surface area contributed by atoms with E-state index in [0.29, 0.717) is 12.3 Å². The van der Waals surface area contributed by atoms with Crippen LogP contribution >= 0.6 is 0 Å². The zero-order chi connectivity index (χ0) is 13.2. The van der Waals surface area contributed by atoms with Gasteiger partial charge >= 0.3 is 0 Å². The van der Waals surface area contributed by atoms with E-state index >= 15 is 0 Å². The fourth-order valence-corrected chi connectivity index (χ4v) is 3.21. The maximum absolute atomic E-state index is 10.9. The number of aliphatic hydroxyl groups excluding tert-OH is 1. The molecule has 1 heterocycles. The van der Waals surface area contributed by atoms with Crippen molar-refractivity contribution in [3.05, 3.63) is 35.4 Å². The first-order valence-corrected chi connectivity index (χ1v) is 7.31. The first kappa shape index (κ1) is 12.7. The molecule has 3 heteroatoms. The molecule has 2 aliphatic rings. The molecule has 0 spiro atoms. The molecule has 3 nitrogen and oxygen atoms in total. The summed E-state index contributed by atoms with van der Waals surface area (Å²) in [5.41, 5.74) is 2.15. The van der Waals surface area contributed by atoms with Gasteiger partial charge in [-0.25, -0.2) is 0 Å². The molecule has 0 bridgehead atoms. The van der Waals surface area contributed by atoms with Crippen molar-refractivity contribution in [2.75, 3.05) is 0 Å². The molecule has 1 aliphatic carbocycles. The molecular formula is C16H21NO2. The quantitative estimate of drug-likeness (QED) is 0.820. The van der Waals surface area contributed by atoms with Crippen molar-refractivity contribution >= 4 is 5.91 Å². The molecule has 1 aliphatic heterocycles. The smallest absolute Gasteiger partial charge is 0.222 e. The molecule has 1 aromatic rings. The van der Waals surface area contributed by atoms with Crippen molar-refractivity contribution in [1.82, 2.24) is 5.32 Å². The molecule has 1 amide bonds. The summed E-state index contributed by atoms with van der Waals surface area (Å²) in [4.78, 5) is 10.9. The minimum Gasteiger partial charge on any atom is -0.388 e. The van der Waals surface area contributed by atoms with E-state index in [1.54, 1.807) is 0 Å². The molecule has 2 atom stereocenters. The summed E-state index contributed by atoms with van der Waals surface area (Å²) in [6, 6.07) is 8.27. The zero-order valence-corrected chi connectivity index (χ0v) is 11.1. The van der Waals surface area contributed by atoms with Gasteiger partial charge in [-0.2, -0.15) is 0 Å². The monoisotopic (exact) mass is 259 g/mol. The number of hydrogen-bond acceptors (Lipinski definition) is 2. The van der Waals surface area contributed by atoms with E-state index in [2.05, 4.69) is 5.32 Å². The van der Waals surface area contributed by atoms with Gasteiger partial charge in [0, 0.05) is 0 Å². The highest BCUT2D eigenvalue weighted by atomic mass is 16.3. The Morgan fingerprint density at radius 3 is 2.32 bits per heavy atom. The number of nitrogens with one attached hydrogen (secondary N) is 1. The van der Waals surface area contributed by atoms with Gasteiger partial charge in [0.15, 0.2) is 0 Å². The number of carbonyl (C=O) groups is 1. The van der Waals surface area contributed by atoms with Gasteiger partial charge in [-0.1, -0.05) is 43.5 Å². The predicted octanol–water partition coefficient (Wildman–Crippen LogP) is 2.86. The summed E-state index contributed by atoms with van der Waals surface area (Å²) in [5.74, 6) is 0.541. The van der Waals surface area contributed by atoms with Crippen LogP contribution in [0.15, 0.2) is 24.3 Å². The maximum Gasteiger partial charge on any atom is 0.222 e. The third kappa shape index (κ3) is 2.66. The predicted molar refractivity (Wildman–Crippen MR) is 73.5 cm³/mol. The van der Waals surface area contributed by atoms with Crippen LogP contribution in [0.3, 0.4) is 0 Å². The Balaban J connectivity index is 1.66. The first-order chi connectivity index (χ1) is 9.24. The molecule has 1 aromatic carbocycles. The summed E-state index contributed by atoms with van der Waals surface area (Å²) < 4.78 is 0. The van der Waals surface area contributed by atoms with E-state index in [4.69, 9.17) is 0 Å². The van der Waals surface area contributed by atoms with Crippen LogP contribution in [0.4, 0.5) is 0 Å². The standard InChI is InChI=1S/C16H21NO2/c18-15-10-14(17-15)11-6-8-13(9-7-11)16(19)12-4-2-1-3-5-12/h6-9,12,14,16,19H,1-5,10H2,(H,17,18)/t14-,16?/m1/s1. The van der Waals surface area contributed by atoms with Crippen LogP contribution in [-0.2, 0) is 4.79 Å². The topological polar surface area (TPSA) is 49.3 Å². The summed E-state index contributed by atoms with van der Waals surface area (Å²) in [6.45, 7) is 0. The minimum atomic E-state index is -0.328. The molecule has 19 heavy (non-hydrogen) atoms. The van der Waals surface area contributed by atoms with Gasteiger partial charge in [-0.15, -0.1) is 0 Å². The van der Waals surface area contributed by atoms with Gasteiger partial charge in [0.05, 0.1) is 18.6 Å². The van der Waals surface area contributed by atoms with E-state index in [1.165, 1.54) is 19.3 Å². The van der Waals surface area contributed by atoms with E-state index in [-0.39, 0.29) is 18.1 Å². The van der Waals surface area contributed by atoms with Gasteiger partial charge in [-0.05, 0) is 29.9 Å². The second-order valence-electron chi connectivity index (χ2n) is 5.83. The molecular weight excluding hydrogens is 238 g/mol. The summed E-state index contributed by atoms with van der Waals surface area (Å²) in [5, 5.41) is 13.3. The Kier molecular flexibility index (Phi) is 3.56. The van der Waals surface area contributed by atoms with Gasteiger partial charge in [-0.3, -0.25) is 4.79 Å². The number of β-lactam (4-membered cyclic amide) rings is 1. The van der Waals surface area contributed by atoms with Crippen molar-refractivity contribution in [3.8, 4) is 0 Å². The Hall–Kier alpha value is -1.35. The lowest BCUT2D eigenvalue weighted by atomic mass is 9.82. The van der Waals surface area contributed by atoms with Gasteiger partial charge in [0.1, 0.15) is 0 Å². The fraction of sp³-hybridized carbons (Fsp3) is 0.562. The summed E-state index contributed by atoms with van der Waals surface area (Å²) in [7, 11) is 0. The number of rotatable bonds is 3. The second-order valence-corrected chi connectivity index (χ2v) is 5.83. The fourth-order valence-electron chi connectivity index (χ4n) is 3.21. The van der Waals surface area contributed by atoms with Crippen LogP contribution in [0.5, 0.6) is 0 Å². The molecule has 0 aromatic heterocycles. The molecule has 3 rings (SSSR count). The van der Waals surface area contributed by atoms with Crippen LogP contribution in [0.1, 0.15) is 61.8 Å². The van der Waals surface area contributed by atoms with Crippen LogP contribution in [0, 0.1) is 5.92 Å². The van der Waals surface area contributed by atoms with Crippen LogP contribution in [0.25, 0.3) is 0 Å². The SMILES string of the molecule is O=C1C[C@H](c2ccc(C(O)C3CCCCC3)cc2)N1. The number of benzene rings is 1. The summed E-state index contributed by atoms with van der Waals surface area (Å²) >= 11 is 0. The molecule has 1 saturated heterocycles. The highest BCUT2D eigenvalue weighted by Gasteiger charge is 2.27. The van der Waals surface area contributed by atoms with E-state index in [1.807, 2.05) is 24.3 Å². The number of hydrogen-bond donors (Lipinski definition) is 2. The average Bonchev–Trinajstić information content (AvgIpc) is 2.44. The van der Waals surface area contributed by atoms with Crippen LogP contribution in [0.2, 0.25) is 0 Å². The lowest BCUT2D eigenvalue weighted by molar-refractivity contribution is -0.128. The number of carbonyl (C=O) groups excluding carboxylic acids is 1.